The van der Waals surface area contributed by atoms with Crippen molar-refractivity contribution >= 4 is 27.3 Å². The third-order valence-electron chi connectivity index (χ3n) is 4.06. The average molecular weight is 360 g/mol. The SMILES string of the molecule is Nc1cncc(NS(=O)(=O)c2ccccc2C(=O)N2CCCCC2)c1. The number of sulfonamides is 1. The summed E-state index contributed by atoms with van der Waals surface area (Å²) in [4.78, 5) is 18.3. The van der Waals surface area contributed by atoms with E-state index in [1.807, 2.05) is 0 Å². The minimum atomic E-state index is -3.94. The molecule has 0 saturated carbocycles. The molecule has 1 aliphatic rings. The van der Waals surface area contributed by atoms with Gasteiger partial charge in [-0.05, 0) is 37.5 Å². The van der Waals surface area contributed by atoms with Gasteiger partial charge in [0.1, 0.15) is 4.90 Å². The van der Waals surface area contributed by atoms with E-state index >= 15 is 0 Å². The van der Waals surface area contributed by atoms with Gasteiger partial charge in [-0.15, -0.1) is 0 Å². The van der Waals surface area contributed by atoms with Gasteiger partial charge in [0, 0.05) is 19.3 Å². The van der Waals surface area contributed by atoms with Crippen LogP contribution < -0.4 is 10.5 Å². The Morgan fingerprint density at radius 2 is 1.84 bits per heavy atom. The van der Waals surface area contributed by atoms with Crippen molar-refractivity contribution in [3.05, 3.63) is 48.3 Å². The first kappa shape index (κ1) is 17.2. The van der Waals surface area contributed by atoms with E-state index in [0.717, 1.165) is 19.3 Å². The maximum atomic E-state index is 12.8. The highest BCUT2D eigenvalue weighted by Gasteiger charge is 2.26. The standard InChI is InChI=1S/C17H20N4O3S/c18-13-10-14(12-19-11-13)20-25(23,24)16-7-3-2-6-15(16)17(22)21-8-4-1-5-9-21/h2-3,6-7,10-12,20H,1,4-5,8-9,18H2. The Bertz CT molecular complexity index is 877. The highest BCUT2D eigenvalue weighted by atomic mass is 32.2. The molecule has 0 spiro atoms. The number of likely N-dealkylation sites (tertiary alicyclic amines) is 1. The molecule has 132 valence electrons. The van der Waals surface area contributed by atoms with E-state index in [1.54, 1.807) is 23.1 Å². The van der Waals surface area contributed by atoms with Gasteiger partial charge >= 0.3 is 0 Å². The van der Waals surface area contributed by atoms with Crippen molar-refractivity contribution < 1.29 is 13.2 Å². The van der Waals surface area contributed by atoms with Crippen molar-refractivity contribution in [3.63, 3.8) is 0 Å². The topological polar surface area (TPSA) is 105 Å². The van der Waals surface area contributed by atoms with Crippen molar-refractivity contribution in [1.29, 1.82) is 0 Å². The lowest BCUT2D eigenvalue weighted by Crippen LogP contribution is -2.36. The Labute approximate surface area is 146 Å². The number of benzene rings is 1. The van der Waals surface area contributed by atoms with Crippen molar-refractivity contribution in [2.24, 2.45) is 0 Å². The minimum absolute atomic E-state index is 0.0482. The van der Waals surface area contributed by atoms with Gasteiger partial charge in [0.15, 0.2) is 0 Å². The number of rotatable bonds is 4. The van der Waals surface area contributed by atoms with E-state index in [4.69, 9.17) is 5.73 Å². The normalized spacial score (nSPS) is 15.0. The summed E-state index contributed by atoms with van der Waals surface area (Å²) in [6, 6.07) is 7.71. The van der Waals surface area contributed by atoms with Crippen molar-refractivity contribution in [3.8, 4) is 0 Å². The molecule has 1 amide bonds. The maximum absolute atomic E-state index is 12.8. The highest BCUT2D eigenvalue weighted by molar-refractivity contribution is 7.92. The number of nitrogen functional groups attached to an aromatic ring is 1. The Balaban J connectivity index is 1.92. The minimum Gasteiger partial charge on any atom is -0.397 e. The van der Waals surface area contributed by atoms with E-state index in [2.05, 4.69) is 9.71 Å². The van der Waals surface area contributed by atoms with E-state index in [9.17, 15) is 13.2 Å². The Hall–Kier alpha value is -2.61. The molecular formula is C17H20N4O3S. The second-order valence-corrected chi connectivity index (χ2v) is 7.61. The number of nitrogens with one attached hydrogen (secondary N) is 1. The molecule has 25 heavy (non-hydrogen) atoms. The number of nitrogens with two attached hydrogens (primary N) is 1. The van der Waals surface area contributed by atoms with Crippen LogP contribution in [0.25, 0.3) is 0 Å². The molecule has 2 aromatic rings. The number of anilines is 2. The van der Waals surface area contributed by atoms with Crippen LogP contribution in [0.4, 0.5) is 11.4 Å². The molecule has 0 radical (unpaired) electrons. The molecule has 1 aromatic carbocycles. The van der Waals surface area contributed by atoms with E-state index in [-0.39, 0.29) is 22.1 Å². The van der Waals surface area contributed by atoms with E-state index in [1.165, 1.54) is 24.5 Å². The number of amides is 1. The summed E-state index contributed by atoms with van der Waals surface area (Å²) in [7, 11) is -3.94. The number of carbonyl (C=O) groups is 1. The molecule has 8 heteroatoms. The number of nitrogens with zero attached hydrogens (tertiary/aromatic N) is 2. The first-order chi connectivity index (χ1) is 12.0. The number of pyridine rings is 1. The molecule has 1 saturated heterocycles. The molecule has 2 heterocycles. The summed E-state index contributed by atoms with van der Waals surface area (Å²) in [5.41, 5.74) is 6.40. The van der Waals surface area contributed by atoms with E-state index in [0.29, 0.717) is 18.8 Å². The summed E-state index contributed by atoms with van der Waals surface area (Å²) in [5, 5.41) is 0. The smallest absolute Gasteiger partial charge is 0.262 e. The van der Waals surface area contributed by atoms with Crippen LogP contribution in [-0.4, -0.2) is 37.3 Å². The van der Waals surface area contributed by atoms with Gasteiger partial charge in [0.25, 0.3) is 15.9 Å². The van der Waals surface area contributed by atoms with Crippen LogP contribution in [0.2, 0.25) is 0 Å². The fourth-order valence-corrected chi connectivity index (χ4v) is 4.10. The molecule has 3 rings (SSSR count). The molecule has 1 fully saturated rings. The second-order valence-electron chi connectivity index (χ2n) is 5.96. The second kappa shape index (κ2) is 7.10. The van der Waals surface area contributed by atoms with Gasteiger partial charge in [-0.3, -0.25) is 14.5 Å². The predicted molar refractivity (Wildman–Crippen MR) is 95.7 cm³/mol. The number of hydrogen-bond donors (Lipinski definition) is 2. The lowest BCUT2D eigenvalue weighted by molar-refractivity contribution is 0.0720. The summed E-state index contributed by atoms with van der Waals surface area (Å²) in [6.07, 6.45) is 5.75. The zero-order chi connectivity index (χ0) is 17.9. The fourth-order valence-electron chi connectivity index (χ4n) is 2.87. The van der Waals surface area contributed by atoms with Gasteiger partial charge in [-0.2, -0.15) is 0 Å². The molecule has 3 N–H and O–H groups in total. The predicted octanol–water partition coefficient (Wildman–Crippen LogP) is 2.09. The number of piperidine rings is 1. The van der Waals surface area contributed by atoms with Crippen LogP contribution in [0.3, 0.4) is 0 Å². The molecule has 0 aliphatic carbocycles. The largest absolute Gasteiger partial charge is 0.397 e. The molecule has 1 aromatic heterocycles. The molecule has 0 bridgehead atoms. The Morgan fingerprint density at radius 3 is 2.56 bits per heavy atom. The van der Waals surface area contributed by atoms with Crippen LogP contribution in [0, 0.1) is 0 Å². The lowest BCUT2D eigenvalue weighted by Gasteiger charge is -2.27. The molecule has 1 aliphatic heterocycles. The summed E-state index contributed by atoms with van der Waals surface area (Å²) >= 11 is 0. The Kier molecular flexibility index (Phi) is 4.89. The summed E-state index contributed by atoms with van der Waals surface area (Å²) < 4.78 is 28.0. The Morgan fingerprint density at radius 1 is 1.12 bits per heavy atom. The van der Waals surface area contributed by atoms with Crippen molar-refractivity contribution in [2.75, 3.05) is 23.5 Å². The van der Waals surface area contributed by atoms with Gasteiger partial charge < -0.3 is 10.6 Å². The monoisotopic (exact) mass is 360 g/mol. The number of carbonyl (C=O) groups excluding carboxylic acids is 1. The van der Waals surface area contributed by atoms with Crippen molar-refractivity contribution in [2.45, 2.75) is 24.2 Å². The quantitative estimate of drug-likeness (QED) is 0.868. The van der Waals surface area contributed by atoms with Gasteiger partial charge in [-0.1, -0.05) is 12.1 Å². The molecule has 7 nitrogen and oxygen atoms in total. The van der Waals surface area contributed by atoms with Gasteiger partial charge in [-0.25, -0.2) is 8.42 Å². The van der Waals surface area contributed by atoms with Crippen LogP contribution in [0.1, 0.15) is 29.6 Å². The molecule has 0 unspecified atom stereocenters. The van der Waals surface area contributed by atoms with E-state index < -0.39 is 10.0 Å². The van der Waals surface area contributed by atoms with Crippen LogP contribution in [0.5, 0.6) is 0 Å². The maximum Gasteiger partial charge on any atom is 0.262 e. The lowest BCUT2D eigenvalue weighted by atomic mass is 10.1. The number of hydrogen-bond acceptors (Lipinski definition) is 5. The molecule has 0 atom stereocenters. The van der Waals surface area contributed by atoms with Crippen LogP contribution in [0.15, 0.2) is 47.6 Å². The average Bonchev–Trinajstić information content (AvgIpc) is 2.61. The third-order valence-corrected chi connectivity index (χ3v) is 5.50. The summed E-state index contributed by atoms with van der Waals surface area (Å²) in [6.45, 7) is 1.31. The van der Waals surface area contributed by atoms with Crippen molar-refractivity contribution in [1.82, 2.24) is 9.88 Å². The highest BCUT2D eigenvalue weighted by Crippen LogP contribution is 2.23. The van der Waals surface area contributed by atoms with Crippen LogP contribution >= 0.6 is 0 Å². The fraction of sp³-hybridized carbons (Fsp3) is 0.294. The summed E-state index contributed by atoms with van der Waals surface area (Å²) in [5.74, 6) is -0.258. The van der Waals surface area contributed by atoms with Gasteiger partial charge in [0.2, 0.25) is 0 Å². The van der Waals surface area contributed by atoms with Crippen LogP contribution in [-0.2, 0) is 10.0 Å². The zero-order valence-electron chi connectivity index (χ0n) is 13.7. The number of aromatic nitrogens is 1. The zero-order valence-corrected chi connectivity index (χ0v) is 14.5. The first-order valence-corrected chi connectivity index (χ1v) is 9.57. The third kappa shape index (κ3) is 3.90. The molecular weight excluding hydrogens is 340 g/mol. The van der Waals surface area contributed by atoms with Gasteiger partial charge in [0.05, 0.1) is 23.1 Å². The first-order valence-electron chi connectivity index (χ1n) is 8.09.